The zero-order valence-corrected chi connectivity index (χ0v) is 16.6. The first kappa shape index (κ1) is 19.2. The van der Waals surface area contributed by atoms with Gasteiger partial charge in [0.05, 0.1) is 0 Å². The van der Waals surface area contributed by atoms with E-state index in [1.54, 1.807) is 0 Å². The SMILES string of the molecule is CCCCCCCC1=C([Se]c2ccccc2)[C@@H](C)O[C@H]1C(=O)OC. The molecule has 1 aliphatic rings. The van der Waals surface area contributed by atoms with Gasteiger partial charge < -0.3 is 0 Å². The molecule has 0 spiro atoms. The second-order valence-electron chi connectivity index (χ2n) is 6.15. The van der Waals surface area contributed by atoms with Gasteiger partial charge in [0.1, 0.15) is 0 Å². The first-order chi connectivity index (χ1) is 11.7. The van der Waals surface area contributed by atoms with Gasteiger partial charge in [-0.15, -0.1) is 0 Å². The molecule has 2 rings (SSSR count). The number of esters is 1. The van der Waals surface area contributed by atoms with Crippen molar-refractivity contribution in [3.05, 3.63) is 40.4 Å². The monoisotopic (exact) mass is 396 g/mol. The molecule has 1 aliphatic heterocycles. The number of unbranched alkanes of at least 4 members (excludes halogenated alkanes) is 4. The number of rotatable bonds is 9. The van der Waals surface area contributed by atoms with Gasteiger partial charge in [-0.25, -0.2) is 0 Å². The zero-order chi connectivity index (χ0) is 17.4. The Morgan fingerprint density at radius 3 is 2.54 bits per heavy atom. The first-order valence-electron chi connectivity index (χ1n) is 8.86. The van der Waals surface area contributed by atoms with Gasteiger partial charge >= 0.3 is 152 Å². The maximum absolute atomic E-state index is 12.1. The van der Waals surface area contributed by atoms with Crippen LogP contribution < -0.4 is 4.46 Å². The van der Waals surface area contributed by atoms with E-state index in [0.29, 0.717) is 0 Å². The molecule has 24 heavy (non-hydrogen) atoms. The van der Waals surface area contributed by atoms with Crippen molar-refractivity contribution in [1.82, 2.24) is 0 Å². The van der Waals surface area contributed by atoms with Crippen LogP contribution in [0.5, 0.6) is 0 Å². The molecular formula is C20H28O3Se. The van der Waals surface area contributed by atoms with E-state index in [9.17, 15) is 4.79 Å². The van der Waals surface area contributed by atoms with E-state index in [-0.39, 0.29) is 27.0 Å². The van der Waals surface area contributed by atoms with E-state index in [0.717, 1.165) is 12.8 Å². The summed E-state index contributed by atoms with van der Waals surface area (Å²) in [7, 11) is 1.44. The molecule has 0 aromatic heterocycles. The van der Waals surface area contributed by atoms with Crippen molar-refractivity contribution >= 4 is 25.4 Å². The first-order valence-corrected chi connectivity index (χ1v) is 10.6. The molecule has 0 saturated carbocycles. The van der Waals surface area contributed by atoms with Gasteiger partial charge in [-0.1, -0.05) is 0 Å². The van der Waals surface area contributed by atoms with E-state index in [4.69, 9.17) is 9.47 Å². The van der Waals surface area contributed by atoms with E-state index in [2.05, 4.69) is 38.1 Å². The van der Waals surface area contributed by atoms with Crippen LogP contribution in [0.15, 0.2) is 40.4 Å². The number of benzene rings is 1. The summed E-state index contributed by atoms with van der Waals surface area (Å²) < 4.78 is 13.6. The summed E-state index contributed by atoms with van der Waals surface area (Å²) in [5.74, 6) is -0.260. The van der Waals surface area contributed by atoms with Crippen LogP contribution in [0, 0.1) is 0 Å². The molecule has 0 amide bonds. The molecular weight excluding hydrogens is 367 g/mol. The fourth-order valence-corrected chi connectivity index (χ4v) is 5.31. The zero-order valence-electron chi connectivity index (χ0n) is 14.9. The van der Waals surface area contributed by atoms with Crippen LogP contribution in [-0.2, 0) is 14.3 Å². The van der Waals surface area contributed by atoms with Crippen molar-refractivity contribution in [3.63, 3.8) is 0 Å². The van der Waals surface area contributed by atoms with Crippen LogP contribution in [0.4, 0.5) is 0 Å². The Kier molecular flexibility index (Phi) is 8.04. The number of hydrogen-bond acceptors (Lipinski definition) is 3. The summed E-state index contributed by atoms with van der Waals surface area (Å²) in [5, 5.41) is 0. The fraction of sp³-hybridized carbons (Fsp3) is 0.550. The normalized spacial score (nSPS) is 20.5. The molecule has 0 saturated heterocycles. The molecule has 0 N–H and O–H groups in total. The Morgan fingerprint density at radius 1 is 1.17 bits per heavy atom. The van der Waals surface area contributed by atoms with E-state index in [1.807, 2.05) is 6.07 Å². The summed E-state index contributed by atoms with van der Waals surface area (Å²) in [4.78, 5) is 12.1. The third-order valence-electron chi connectivity index (χ3n) is 4.28. The fourth-order valence-electron chi connectivity index (χ4n) is 2.98. The Labute approximate surface area is 152 Å². The number of methoxy groups -OCH3 is 1. The van der Waals surface area contributed by atoms with Gasteiger partial charge in [0.15, 0.2) is 0 Å². The van der Waals surface area contributed by atoms with Gasteiger partial charge in [-0.05, 0) is 0 Å². The average Bonchev–Trinajstić information content (AvgIpc) is 2.91. The van der Waals surface area contributed by atoms with Crippen LogP contribution in [-0.4, -0.2) is 40.2 Å². The molecule has 4 heteroatoms. The number of carbonyl (C=O) groups is 1. The molecule has 1 aromatic rings. The van der Waals surface area contributed by atoms with E-state index < -0.39 is 6.10 Å². The molecule has 0 radical (unpaired) electrons. The molecule has 3 nitrogen and oxygen atoms in total. The average molecular weight is 395 g/mol. The van der Waals surface area contributed by atoms with Gasteiger partial charge in [0.25, 0.3) is 0 Å². The minimum absolute atomic E-state index is 0.0000482. The predicted octanol–water partition coefficient (Wildman–Crippen LogP) is 3.59. The van der Waals surface area contributed by atoms with Crippen molar-refractivity contribution in [2.75, 3.05) is 7.11 Å². The summed E-state index contributed by atoms with van der Waals surface area (Å²) in [6, 6.07) is 10.5. The van der Waals surface area contributed by atoms with Crippen LogP contribution >= 0.6 is 0 Å². The van der Waals surface area contributed by atoms with Crippen molar-refractivity contribution in [3.8, 4) is 0 Å². The second kappa shape index (κ2) is 10.0. The van der Waals surface area contributed by atoms with E-state index >= 15 is 0 Å². The molecule has 1 aromatic carbocycles. The molecule has 0 bridgehead atoms. The van der Waals surface area contributed by atoms with Crippen molar-refractivity contribution in [1.29, 1.82) is 0 Å². The number of ether oxygens (including phenoxy) is 2. The summed E-state index contributed by atoms with van der Waals surface area (Å²) in [6.07, 6.45) is 6.57. The molecule has 1 heterocycles. The molecule has 0 aliphatic carbocycles. The Balaban J connectivity index is 2.13. The predicted molar refractivity (Wildman–Crippen MR) is 98.6 cm³/mol. The van der Waals surface area contributed by atoms with Gasteiger partial charge in [0.2, 0.25) is 0 Å². The minimum atomic E-state index is -0.503. The van der Waals surface area contributed by atoms with Gasteiger partial charge in [0, 0.05) is 0 Å². The second-order valence-corrected chi connectivity index (χ2v) is 8.49. The van der Waals surface area contributed by atoms with Crippen molar-refractivity contribution in [2.45, 2.75) is 64.6 Å². The quantitative estimate of drug-likeness (QED) is 0.364. The number of hydrogen-bond donors (Lipinski definition) is 0. The topological polar surface area (TPSA) is 35.5 Å². The standard InChI is InChI=1S/C20H28O3Se/c1-4-5-6-7-11-14-17-18(20(21)22-3)23-15(2)19(17)24-16-12-9-8-10-13-16/h8-10,12-13,15,18H,4-7,11,14H2,1-3H3/t15-,18-/m1/s1. The Morgan fingerprint density at radius 2 is 1.88 bits per heavy atom. The number of carbonyl (C=O) groups excluding carboxylic acids is 1. The van der Waals surface area contributed by atoms with Crippen molar-refractivity contribution in [2.24, 2.45) is 0 Å². The van der Waals surface area contributed by atoms with Crippen LogP contribution in [0.25, 0.3) is 0 Å². The summed E-state index contributed by atoms with van der Waals surface area (Å²) >= 11 is 0.197. The molecule has 132 valence electrons. The van der Waals surface area contributed by atoms with Gasteiger partial charge in [-0.2, -0.15) is 0 Å². The van der Waals surface area contributed by atoms with Crippen molar-refractivity contribution < 1.29 is 14.3 Å². The van der Waals surface area contributed by atoms with Crippen LogP contribution in [0.3, 0.4) is 0 Å². The Hall–Kier alpha value is -1.09. The molecule has 0 fully saturated rings. The Bertz CT molecular complexity index is 553. The maximum atomic E-state index is 12.1. The summed E-state index contributed by atoms with van der Waals surface area (Å²) in [6.45, 7) is 4.28. The third kappa shape index (κ3) is 5.20. The molecule has 2 atom stereocenters. The molecule has 0 unspecified atom stereocenters. The van der Waals surface area contributed by atoms with Gasteiger partial charge in [-0.3, -0.25) is 0 Å². The van der Waals surface area contributed by atoms with Crippen LogP contribution in [0.2, 0.25) is 0 Å². The summed E-state index contributed by atoms with van der Waals surface area (Å²) in [5.41, 5.74) is 1.18. The third-order valence-corrected chi connectivity index (χ3v) is 7.05. The van der Waals surface area contributed by atoms with E-state index in [1.165, 1.54) is 47.3 Å². The van der Waals surface area contributed by atoms with Crippen LogP contribution in [0.1, 0.15) is 52.4 Å².